The number of hydrogen-bond acceptors (Lipinski definition) is 8. The van der Waals surface area contributed by atoms with Crippen LogP contribution in [-0.2, 0) is 17.8 Å². The van der Waals surface area contributed by atoms with Crippen LogP contribution in [0.2, 0.25) is 10.0 Å². The van der Waals surface area contributed by atoms with E-state index < -0.39 is 17.8 Å². The van der Waals surface area contributed by atoms with Crippen LogP contribution in [0.5, 0.6) is 6.01 Å². The van der Waals surface area contributed by atoms with Gasteiger partial charge in [0.05, 0.1) is 53.1 Å². The second-order valence-corrected chi connectivity index (χ2v) is 12.7. The molecule has 1 saturated heterocycles. The molecular weight excluding hydrogens is 580 g/mol. The Balaban J connectivity index is 1.49. The highest BCUT2D eigenvalue weighted by Gasteiger charge is 2.44. The SMILES string of the molecule is C=C(F)C(=O)N1CCN(c2nc(OCC3(CN(C)C)CC3)nc3c2C[C@H](C)N(c2c(Cl)cccc2Cl)C3)CC1CC#N. The van der Waals surface area contributed by atoms with E-state index >= 15 is 0 Å². The molecule has 3 heterocycles. The minimum absolute atomic E-state index is 0.0338. The van der Waals surface area contributed by atoms with E-state index in [2.05, 4.69) is 48.4 Å². The summed E-state index contributed by atoms with van der Waals surface area (Å²) in [4.78, 5) is 30.1. The lowest BCUT2D eigenvalue weighted by Gasteiger charge is -2.43. The summed E-state index contributed by atoms with van der Waals surface area (Å²) in [6.45, 7) is 8.16. The number of carbonyl (C=O) groups is 1. The number of hydrogen-bond donors (Lipinski definition) is 0. The summed E-state index contributed by atoms with van der Waals surface area (Å²) in [6, 6.07) is 7.44. The summed E-state index contributed by atoms with van der Waals surface area (Å²) in [5.41, 5.74) is 2.65. The zero-order valence-corrected chi connectivity index (χ0v) is 25.8. The lowest BCUT2D eigenvalue weighted by Crippen LogP contribution is -2.56. The molecule has 2 aromatic rings. The van der Waals surface area contributed by atoms with Crippen LogP contribution in [0.25, 0.3) is 0 Å². The zero-order valence-electron chi connectivity index (χ0n) is 24.2. The number of aromatic nitrogens is 2. The van der Waals surface area contributed by atoms with E-state index in [-0.39, 0.29) is 24.4 Å². The van der Waals surface area contributed by atoms with Crippen LogP contribution in [0.15, 0.2) is 30.6 Å². The number of rotatable bonds is 9. The third kappa shape index (κ3) is 6.29. The smallest absolute Gasteiger partial charge is 0.318 e. The maximum Gasteiger partial charge on any atom is 0.318 e. The van der Waals surface area contributed by atoms with Gasteiger partial charge in [-0.25, -0.2) is 4.39 Å². The van der Waals surface area contributed by atoms with Crippen LogP contribution < -0.4 is 14.5 Å². The van der Waals surface area contributed by atoms with Crippen molar-refractivity contribution in [1.29, 1.82) is 5.26 Å². The average molecular weight is 617 g/mol. The molecule has 42 heavy (non-hydrogen) atoms. The molecule has 1 unspecified atom stereocenters. The molecule has 1 amide bonds. The zero-order chi connectivity index (χ0) is 30.2. The van der Waals surface area contributed by atoms with E-state index in [1.165, 1.54) is 4.90 Å². The Morgan fingerprint density at radius 3 is 2.60 bits per heavy atom. The molecule has 1 saturated carbocycles. The van der Waals surface area contributed by atoms with Gasteiger partial charge in [-0.05, 0) is 52.4 Å². The molecule has 2 atom stereocenters. The van der Waals surface area contributed by atoms with E-state index in [1.807, 2.05) is 18.2 Å². The lowest BCUT2D eigenvalue weighted by atomic mass is 9.97. The van der Waals surface area contributed by atoms with Crippen LogP contribution in [0.1, 0.15) is 37.4 Å². The van der Waals surface area contributed by atoms with Crippen molar-refractivity contribution < 1.29 is 13.9 Å². The van der Waals surface area contributed by atoms with Gasteiger partial charge in [0, 0.05) is 43.2 Å². The molecular formula is C30H36Cl2FN7O2. The van der Waals surface area contributed by atoms with Crippen LogP contribution in [0.4, 0.5) is 15.9 Å². The first-order valence-electron chi connectivity index (χ1n) is 14.2. The number of nitrogens with zero attached hydrogens (tertiary/aromatic N) is 7. The Morgan fingerprint density at radius 1 is 1.26 bits per heavy atom. The predicted molar refractivity (Wildman–Crippen MR) is 162 cm³/mol. The molecule has 1 aromatic heterocycles. The van der Waals surface area contributed by atoms with Crippen molar-refractivity contribution in [1.82, 2.24) is 19.8 Å². The first kappa shape index (κ1) is 30.3. The van der Waals surface area contributed by atoms with Gasteiger partial charge < -0.3 is 24.3 Å². The van der Waals surface area contributed by atoms with Crippen molar-refractivity contribution in [2.24, 2.45) is 5.41 Å². The number of carbonyl (C=O) groups excluding carboxylic acids is 1. The van der Waals surface area contributed by atoms with Gasteiger partial charge in [0.25, 0.3) is 5.91 Å². The molecule has 3 aliphatic rings. The molecule has 9 nitrogen and oxygen atoms in total. The minimum atomic E-state index is -1.03. The van der Waals surface area contributed by atoms with Crippen molar-refractivity contribution >= 4 is 40.6 Å². The van der Waals surface area contributed by atoms with Crippen LogP contribution in [0, 0.1) is 16.7 Å². The summed E-state index contributed by atoms with van der Waals surface area (Å²) in [6.07, 6.45) is 2.87. The minimum Gasteiger partial charge on any atom is -0.463 e. The maximum absolute atomic E-state index is 13.8. The summed E-state index contributed by atoms with van der Waals surface area (Å²) in [5.74, 6) is -1.08. The first-order valence-corrected chi connectivity index (χ1v) is 14.9. The summed E-state index contributed by atoms with van der Waals surface area (Å²) in [5, 5.41) is 10.6. The average Bonchev–Trinajstić information content (AvgIpc) is 3.70. The Kier molecular flexibility index (Phi) is 8.83. The fourth-order valence-corrected chi connectivity index (χ4v) is 6.73. The molecule has 1 aliphatic carbocycles. The van der Waals surface area contributed by atoms with Crippen molar-refractivity contribution in [3.63, 3.8) is 0 Å². The molecule has 224 valence electrons. The molecule has 5 rings (SSSR count). The topological polar surface area (TPSA) is 88.8 Å². The molecule has 2 aliphatic heterocycles. The van der Waals surface area contributed by atoms with E-state index in [9.17, 15) is 14.4 Å². The largest absolute Gasteiger partial charge is 0.463 e. The number of para-hydroxylation sites is 1. The monoisotopic (exact) mass is 615 g/mol. The van der Waals surface area contributed by atoms with Crippen LogP contribution >= 0.6 is 23.2 Å². The van der Waals surface area contributed by atoms with Crippen LogP contribution in [-0.4, -0.2) is 84.6 Å². The van der Waals surface area contributed by atoms with Gasteiger partial charge in [0.15, 0.2) is 5.83 Å². The second kappa shape index (κ2) is 12.2. The number of benzene rings is 1. The molecule has 0 bridgehead atoms. The number of anilines is 2. The number of nitriles is 1. The van der Waals surface area contributed by atoms with E-state index in [0.717, 1.165) is 42.1 Å². The molecule has 12 heteroatoms. The molecule has 2 fully saturated rings. The summed E-state index contributed by atoms with van der Waals surface area (Å²) in [7, 11) is 4.12. The number of amides is 1. The van der Waals surface area contributed by atoms with Crippen molar-refractivity contribution in [3.8, 4) is 12.1 Å². The Hall–Kier alpha value is -3.13. The lowest BCUT2D eigenvalue weighted by molar-refractivity contribution is -0.131. The third-order valence-corrected chi connectivity index (χ3v) is 8.96. The van der Waals surface area contributed by atoms with Gasteiger partial charge in [0.1, 0.15) is 5.82 Å². The van der Waals surface area contributed by atoms with Gasteiger partial charge in [0.2, 0.25) is 0 Å². The maximum atomic E-state index is 13.8. The highest BCUT2D eigenvalue weighted by Crippen LogP contribution is 2.46. The quantitative estimate of drug-likeness (QED) is 0.369. The molecule has 0 spiro atoms. The Labute approximate surface area is 256 Å². The summed E-state index contributed by atoms with van der Waals surface area (Å²) < 4.78 is 20.1. The van der Waals surface area contributed by atoms with E-state index in [4.69, 9.17) is 37.9 Å². The second-order valence-electron chi connectivity index (χ2n) is 11.9. The van der Waals surface area contributed by atoms with E-state index in [0.29, 0.717) is 48.7 Å². The molecule has 1 aromatic carbocycles. The van der Waals surface area contributed by atoms with Crippen molar-refractivity contribution in [3.05, 3.63) is 51.9 Å². The highest BCUT2D eigenvalue weighted by molar-refractivity contribution is 6.39. The van der Waals surface area contributed by atoms with Crippen LogP contribution in [0.3, 0.4) is 0 Å². The standard InChI is InChI=1S/C30H36Cl2FN7O2/c1-19-14-22-25(16-40(19)26-23(31)6-5-7-24(26)32)35-29(42-18-30(9-10-30)17-37(3)4)36-27(22)38-12-13-39(28(41)20(2)33)21(15-38)8-11-34/h5-7,19,21H,2,8-10,12-18H2,1,3-4H3/t19-,21?/m0/s1. The fourth-order valence-electron chi connectivity index (χ4n) is 6.11. The highest BCUT2D eigenvalue weighted by atomic mass is 35.5. The summed E-state index contributed by atoms with van der Waals surface area (Å²) >= 11 is 13.2. The van der Waals surface area contributed by atoms with Crippen molar-refractivity contribution in [2.45, 2.75) is 51.2 Å². The van der Waals surface area contributed by atoms with E-state index in [1.54, 1.807) is 0 Å². The first-order chi connectivity index (χ1) is 20.0. The van der Waals surface area contributed by atoms with Gasteiger partial charge in [-0.1, -0.05) is 35.8 Å². The van der Waals surface area contributed by atoms with Gasteiger partial charge in [-0.3, -0.25) is 4.79 Å². The fraction of sp³-hybridized carbons (Fsp3) is 0.533. The molecule has 0 N–H and O–H groups in total. The van der Waals surface area contributed by atoms with Gasteiger partial charge in [-0.2, -0.15) is 15.2 Å². The Morgan fingerprint density at radius 2 is 1.98 bits per heavy atom. The third-order valence-electron chi connectivity index (χ3n) is 8.35. The van der Waals surface area contributed by atoms with Gasteiger partial charge in [-0.15, -0.1) is 0 Å². The number of ether oxygens (including phenoxy) is 1. The number of fused-ring (bicyclic) bond motifs is 1. The molecule has 0 radical (unpaired) electrons. The normalized spacial score (nSPS) is 21.1. The predicted octanol–water partition coefficient (Wildman–Crippen LogP) is 4.87. The van der Waals surface area contributed by atoms with Gasteiger partial charge >= 0.3 is 6.01 Å². The Bertz CT molecular complexity index is 1390. The van der Waals surface area contributed by atoms with Crippen molar-refractivity contribution in [2.75, 3.05) is 56.7 Å². The number of piperazine rings is 1. The number of halogens is 3.